The van der Waals surface area contributed by atoms with Crippen LogP contribution < -0.4 is 4.74 Å². The van der Waals surface area contributed by atoms with Crippen LogP contribution in [0.15, 0.2) is 54.9 Å². The number of nitrogens with one attached hydrogen (secondary N) is 1. The van der Waals surface area contributed by atoms with Gasteiger partial charge in [0.05, 0.1) is 23.6 Å². The molecule has 3 rings (SSSR count). The summed E-state index contributed by atoms with van der Waals surface area (Å²) >= 11 is 0. The van der Waals surface area contributed by atoms with Crippen molar-refractivity contribution in [1.82, 2.24) is 9.97 Å². The zero-order valence-corrected chi connectivity index (χ0v) is 13.7. The van der Waals surface area contributed by atoms with Gasteiger partial charge in [-0.3, -0.25) is 4.98 Å². The van der Waals surface area contributed by atoms with Gasteiger partial charge in [-0.15, -0.1) is 0 Å². The molecule has 25 heavy (non-hydrogen) atoms. The van der Waals surface area contributed by atoms with Crippen molar-refractivity contribution in [2.24, 2.45) is 0 Å². The van der Waals surface area contributed by atoms with Crippen LogP contribution in [0.1, 0.15) is 15.9 Å². The standard InChI is InChI=1S/C19H18N2O4/c1-13-3-2-4-15(9-13)25-16-5-6-20-18(11-16)17-10-14(12-21-17)19(23)24-8-7-22/h2-6,9-12,21-22H,7-8H2,1H3. The maximum atomic E-state index is 11.8. The maximum absolute atomic E-state index is 11.8. The summed E-state index contributed by atoms with van der Waals surface area (Å²) in [5.41, 5.74) is 2.80. The fourth-order valence-electron chi connectivity index (χ4n) is 2.32. The molecule has 6 nitrogen and oxygen atoms in total. The number of esters is 1. The molecule has 6 heteroatoms. The van der Waals surface area contributed by atoms with Gasteiger partial charge in [-0.2, -0.15) is 0 Å². The number of nitrogens with zero attached hydrogens (tertiary/aromatic N) is 1. The Morgan fingerprint density at radius 3 is 2.84 bits per heavy atom. The van der Waals surface area contributed by atoms with Crippen molar-refractivity contribution < 1.29 is 19.4 Å². The molecule has 0 saturated carbocycles. The van der Waals surface area contributed by atoms with Crippen molar-refractivity contribution >= 4 is 5.97 Å². The summed E-state index contributed by atoms with van der Waals surface area (Å²) < 4.78 is 10.7. The molecule has 0 saturated heterocycles. The Morgan fingerprint density at radius 2 is 2.04 bits per heavy atom. The highest BCUT2D eigenvalue weighted by Gasteiger charge is 2.12. The van der Waals surface area contributed by atoms with Crippen LogP contribution in [0.3, 0.4) is 0 Å². The summed E-state index contributed by atoms with van der Waals surface area (Å²) in [6.07, 6.45) is 3.19. The molecule has 0 aliphatic carbocycles. The second-order valence-electron chi connectivity index (χ2n) is 5.46. The van der Waals surface area contributed by atoms with Crippen LogP contribution in [0.4, 0.5) is 0 Å². The number of aliphatic hydroxyl groups is 1. The maximum Gasteiger partial charge on any atom is 0.339 e. The lowest BCUT2D eigenvalue weighted by atomic mass is 10.2. The van der Waals surface area contributed by atoms with Crippen LogP contribution in [0.5, 0.6) is 11.5 Å². The van der Waals surface area contributed by atoms with E-state index < -0.39 is 5.97 Å². The molecule has 0 aliphatic heterocycles. The van der Waals surface area contributed by atoms with E-state index in [0.29, 0.717) is 22.7 Å². The fourth-order valence-corrected chi connectivity index (χ4v) is 2.32. The molecular weight excluding hydrogens is 320 g/mol. The van der Waals surface area contributed by atoms with Crippen LogP contribution in [0.25, 0.3) is 11.4 Å². The Kier molecular flexibility index (Phi) is 5.11. The average molecular weight is 338 g/mol. The number of hydrogen-bond donors (Lipinski definition) is 2. The SMILES string of the molecule is Cc1cccc(Oc2ccnc(-c3cc(C(=O)OCCO)c[nH]3)c2)c1. The lowest BCUT2D eigenvalue weighted by Crippen LogP contribution is -2.07. The van der Waals surface area contributed by atoms with Crippen LogP contribution in [0, 0.1) is 6.92 Å². The first-order valence-electron chi connectivity index (χ1n) is 7.83. The van der Waals surface area contributed by atoms with E-state index >= 15 is 0 Å². The van der Waals surface area contributed by atoms with Gasteiger partial charge in [0.1, 0.15) is 18.1 Å². The lowest BCUT2D eigenvalue weighted by molar-refractivity contribution is 0.0434. The molecule has 0 unspecified atom stereocenters. The molecule has 128 valence electrons. The Bertz CT molecular complexity index is 873. The highest BCUT2D eigenvalue weighted by atomic mass is 16.5. The number of aromatic nitrogens is 2. The van der Waals surface area contributed by atoms with E-state index in [2.05, 4.69) is 9.97 Å². The quantitative estimate of drug-likeness (QED) is 0.674. The van der Waals surface area contributed by atoms with Crippen LogP contribution in [0.2, 0.25) is 0 Å². The minimum absolute atomic E-state index is 0.0303. The van der Waals surface area contributed by atoms with Crippen LogP contribution >= 0.6 is 0 Å². The topological polar surface area (TPSA) is 84.4 Å². The average Bonchev–Trinajstić information content (AvgIpc) is 3.10. The van der Waals surface area contributed by atoms with Gasteiger partial charge in [-0.05, 0) is 36.8 Å². The molecule has 0 bridgehead atoms. The minimum Gasteiger partial charge on any atom is -0.460 e. The number of H-pyrrole nitrogens is 1. The number of hydrogen-bond acceptors (Lipinski definition) is 5. The molecule has 0 aliphatic rings. The van der Waals surface area contributed by atoms with E-state index in [0.717, 1.165) is 11.3 Å². The summed E-state index contributed by atoms with van der Waals surface area (Å²) in [7, 11) is 0. The van der Waals surface area contributed by atoms with Crippen molar-refractivity contribution in [3.8, 4) is 22.9 Å². The monoisotopic (exact) mass is 338 g/mol. The van der Waals surface area contributed by atoms with Crippen molar-refractivity contribution in [2.45, 2.75) is 6.92 Å². The largest absolute Gasteiger partial charge is 0.460 e. The number of benzene rings is 1. The van der Waals surface area contributed by atoms with Crippen molar-refractivity contribution in [2.75, 3.05) is 13.2 Å². The molecule has 0 fully saturated rings. The van der Waals surface area contributed by atoms with E-state index in [-0.39, 0.29) is 13.2 Å². The summed E-state index contributed by atoms with van der Waals surface area (Å²) in [5.74, 6) is 0.898. The Morgan fingerprint density at radius 1 is 1.20 bits per heavy atom. The second kappa shape index (κ2) is 7.63. The molecule has 0 amide bonds. The molecule has 1 aromatic carbocycles. The molecule has 2 aromatic heterocycles. The predicted octanol–water partition coefficient (Wildman–Crippen LogP) is 3.33. The zero-order valence-electron chi connectivity index (χ0n) is 13.7. The van der Waals surface area contributed by atoms with E-state index in [1.165, 1.54) is 0 Å². The number of aliphatic hydroxyl groups excluding tert-OH is 1. The van der Waals surface area contributed by atoms with E-state index in [1.54, 1.807) is 30.6 Å². The molecule has 0 spiro atoms. The Hall–Kier alpha value is -3.12. The molecule has 2 N–H and O–H groups in total. The first-order valence-corrected chi connectivity index (χ1v) is 7.83. The zero-order chi connectivity index (χ0) is 17.6. The van der Waals surface area contributed by atoms with Crippen LogP contribution in [-0.4, -0.2) is 34.3 Å². The number of ether oxygens (including phenoxy) is 2. The fraction of sp³-hybridized carbons (Fsp3) is 0.158. The Labute approximate surface area is 145 Å². The van der Waals surface area contributed by atoms with Gasteiger partial charge >= 0.3 is 5.97 Å². The predicted molar refractivity (Wildman–Crippen MR) is 92.6 cm³/mol. The van der Waals surface area contributed by atoms with Gasteiger partial charge < -0.3 is 19.6 Å². The number of aromatic amines is 1. The highest BCUT2D eigenvalue weighted by Crippen LogP contribution is 2.26. The number of rotatable bonds is 6. The van der Waals surface area contributed by atoms with Crippen LogP contribution in [-0.2, 0) is 4.74 Å². The van der Waals surface area contributed by atoms with Gasteiger partial charge in [0.15, 0.2) is 0 Å². The van der Waals surface area contributed by atoms with Gasteiger partial charge in [-0.25, -0.2) is 4.79 Å². The number of carbonyl (C=O) groups excluding carboxylic acids is 1. The molecular formula is C19H18N2O4. The summed E-state index contributed by atoms with van der Waals surface area (Å²) in [4.78, 5) is 19.1. The third-order valence-corrected chi connectivity index (χ3v) is 3.48. The summed E-state index contributed by atoms with van der Waals surface area (Å²) in [6, 6.07) is 13.0. The van der Waals surface area contributed by atoms with Crippen molar-refractivity contribution in [3.63, 3.8) is 0 Å². The lowest BCUT2D eigenvalue weighted by Gasteiger charge is -2.07. The summed E-state index contributed by atoms with van der Waals surface area (Å²) in [5, 5.41) is 8.71. The van der Waals surface area contributed by atoms with E-state index in [9.17, 15) is 4.79 Å². The Balaban J connectivity index is 1.77. The first-order chi connectivity index (χ1) is 12.2. The van der Waals surface area contributed by atoms with Crippen molar-refractivity contribution in [1.29, 1.82) is 0 Å². The number of aryl methyl sites for hydroxylation is 1. The number of pyridine rings is 1. The minimum atomic E-state index is -0.497. The second-order valence-corrected chi connectivity index (χ2v) is 5.46. The van der Waals surface area contributed by atoms with Gasteiger partial charge in [0.2, 0.25) is 0 Å². The first kappa shape index (κ1) is 16.7. The van der Waals surface area contributed by atoms with Gasteiger partial charge in [0.25, 0.3) is 0 Å². The highest BCUT2D eigenvalue weighted by molar-refractivity contribution is 5.90. The van der Waals surface area contributed by atoms with E-state index in [1.807, 2.05) is 31.2 Å². The smallest absolute Gasteiger partial charge is 0.339 e. The van der Waals surface area contributed by atoms with Crippen molar-refractivity contribution in [3.05, 3.63) is 66.0 Å². The van der Waals surface area contributed by atoms with E-state index in [4.69, 9.17) is 14.6 Å². The third-order valence-electron chi connectivity index (χ3n) is 3.48. The summed E-state index contributed by atoms with van der Waals surface area (Å²) in [6.45, 7) is 1.77. The molecule has 2 heterocycles. The molecule has 0 atom stereocenters. The van der Waals surface area contributed by atoms with Gasteiger partial charge in [0, 0.05) is 18.5 Å². The third kappa shape index (κ3) is 4.24. The normalized spacial score (nSPS) is 10.5. The van der Waals surface area contributed by atoms with Gasteiger partial charge in [-0.1, -0.05) is 12.1 Å². The molecule has 3 aromatic rings. The molecule has 0 radical (unpaired) electrons. The number of carbonyl (C=O) groups is 1.